The van der Waals surface area contributed by atoms with Crippen molar-refractivity contribution < 1.29 is 4.79 Å². The highest BCUT2D eigenvalue weighted by molar-refractivity contribution is 7.99. The van der Waals surface area contributed by atoms with Gasteiger partial charge in [0.05, 0.1) is 5.75 Å². The first kappa shape index (κ1) is 16.6. The number of amides is 1. The van der Waals surface area contributed by atoms with Crippen LogP contribution in [0, 0.1) is 27.7 Å². The van der Waals surface area contributed by atoms with Gasteiger partial charge >= 0.3 is 0 Å². The summed E-state index contributed by atoms with van der Waals surface area (Å²) in [6, 6.07) is 12.4. The zero-order chi connectivity index (χ0) is 16.1. The van der Waals surface area contributed by atoms with Crippen molar-refractivity contribution in [2.24, 2.45) is 0 Å². The molecule has 0 aliphatic carbocycles. The van der Waals surface area contributed by atoms with Crippen molar-refractivity contribution >= 4 is 23.4 Å². The minimum Gasteiger partial charge on any atom is -0.325 e. The highest BCUT2D eigenvalue weighted by Crippen LogP contribution is 2.20. The molecule has 0 aromatic heterocycles. The molecule has 0 bridgehead atoms. The van der Waals surface area contributed by atoms with Crippen LogP contribution < -0.4 is 5.32 Å². The fourth-order valence-corrected chi connectivity index (χ4v) is 3.17. The van der Waals surface area contributed by atoms with Crippen molar-refractivity contribution in [3.05, 3.63) is 64.2 Å². The lowest BCUT2D eigenvalue weighted by Gasteiger charge is -2.11. The van der Waals surface area contributed by atoms with Crippen LogP contribution >= 0.6 is 11.8 Å². The molecule has 116 valence electrons. The lowest BCUT2D eigenvalue weighted by molar-refractivity contribution is -0.113. The van der Waals surface area contributed by atoms with Crippen molar-refractivity contribution in [3.8, 4) is 0 Å². The van der Waals surface area contributed by atoms with Crippen LogP contribution in [0.15, 0.2) is 36.4 Å². The molecule has 3 heteroatoms. The number of thioether (sulfide) groups is 1. The van der Waals surface area contributed by atoms with E-state index in [2.05, 4.69) is 50.4 Å². The maximum atomic E-state index is 12.1. The molecule has 0 unspecified atom stereocenters. The molecule has 22 heavy (non-hydrogen) atoms. The summed E-state index contributed by atoms with van der Waals surface area (Å²) in [5, 5.41) is 3.00. The topological polar surface area (TPSA) is 29.1 Å². The molecule has 1 N–H and O–H groups in total. The average molecular weight is 313 g/mol. The molecule has 1 amide bonds. The monoisotopic (exact) mass is 313 g/mol. The van der Waals surface area contributed by atoms with Crippen molar-refractivity contribution in [2.45, 2.75) is 33.4 Å². The van der Waals surface area contributed by atoms with E-state index < -0.39 is 0 Å². The molecule has 0 aliphatic rings. The van der Waals surface area contributed by atoms with Gasteiger partial charge in [-0.05, 0) is 56.0 Å². The molecule has 0 spiro atoms. The predicted molar refractivity (Wildman–Crippen MR) is 96.6 cm³/mol. The van der Waals surface area contributed by atoms with Crippen LogP contribution in [0.25, 0.3) is 0 Å². The van der Waals surface area contributed by atoms with Gasteiger partial charge in [0, 0.05) is 11.4 Å². The first-order valence-corrected chi connectivity index (χ1v) is 8.63. The van der Waals surface area contributed by atoms with Crippen LogP contribution in [0.3, 0.4) is 0 Å². The van der Waals surface area contributed by atoms with Gasteiger partial charge in [-0.25, -0.2) is 0 Å². The number of hydrogen-bond acceptors (Lipinski definition) is 2. The Labute approximate surface area is 137 Å². The summed E-state index contributed by atoms with van der Waals surface area (Å²) >= 11 is 1.65. The Balaban J connectivity index is 1.88. The smallest absolute Gasteiger partial charge is 0.234 e. The largest absolute Gasteiger partial charge is 0.325 e. The van der Waals surface area contributed by atoms with Crippen LogP contribution in [0.4, 0.5) is 5.69 Å². The standard InChI is InChI=1S/C19H23NOS/c1-13-8-9-15(3)17(10-13)11-22-12-19(21)20-18-7-5-6-14(2)16(18)4/h5-10H,11-12H2,1-4H3,(H,20,21). The summed E-state index contributed by atoms with van der Waals surface area (Å²) in [6.07, 6.45) is 0. The number of nitrogens with one attached hydrogen (secondary N) is 1. The van der Waals surface area contributed by atoms with E-state index >= 15 is 0 Å². The van der Waals surface area contributed by atoms with Gasteiger partial charge in [-0.2, -0.15) is 0 Å². The number of aryl methyl sites for hydroxylation is 3. The zero-order valence-electron chi connectivity index (χ0n) is 13.7. The average Bonchev–Trinajstić information content (AvgIpc) is 2.47. The van der Waals surface area contributed by atoms with E-state index in [0.29, 0.717) is 5.75 Å². The second kappa shape index (κ2) is 7.50. The van der Waals surface area contributed by atoms with E-state index in [1.54, 1.807) is 11.8 Å². The Kier molecular flexibility index (Phi) is 5.67. The van der Waals surface area contributed by atoms with Gasteiger partial charge in [-0.1, -0.05) is 35.9 Å². The van der Waals surface area contributed by atoms with E-state index in [4.69, 9.17) is 0 Å². The van der Waals surface area contributed by atoms with E-state index in [1.165, 1.54) is 22.3 Å². The van der Waals surface area contributed by atoms with Crippen LogP contribution in [0.5, 0.6) is 0 Å². The Bertz CT molecular complexity index is 679. The minimum atomic E-state index is 0.0593. The first-order chi connectivity index (χ1) is 10.5. The second-order valence-corrected chi connectivity index (χ2v) is 6.70. The number of anilines is 1. The normalized spacial score (nSPS) is 10.5. The molecule has 2 rings (SSSR count). The highest BCUT2D eigenvalue weighted by Gasteiger charge is 2.07. The predicted octanol–water partition coefficient (Wildman–Crippen LogP) is 4.79. The molecule has 0 aliphatic heterocycles. The summed E-state index contributed by atoms with van der Waals surface area (Å²) < 4.78 is 0. The molecule has 2 nitrogen and oxygen atoms in total. The Hall–Kier alpha value is -1.74. The van der Waals surface area contributed by atoms with Gasteiger partial charge in [-0.3, -0.25) is 4.79 Å². The van der Waals surface area contributed by atoms with Gasteiger partial charge in [0.1, 0.15) is 0 Å². The van der Waals surface area contributed by atoms with Crippen molar-refractivity contribution in [2.75, 3.05) is 11.1 Å². The SMILES string of the molecule is Cc1ccc(C)c(CSCC(=O)Nc2cccc(C)c2C)c1. The molecule has 2 aromatic rings. The van der Waals surface area contributed by atoms with Gasteiger partial charge in [0.15, 0.2) is 0 Å². The third kappa shape index (κ3) is 4.38. The van der Waals surface area contributed by atoms with Gasteiger partial charge in [0.2, 0.25) is 5.91 Å². The molecule has 2 aromatic carbocycles. The summed E-state index contributed by atoms with van der Waals surface area (Å²) in [5.74, 6) is 1.40. The van der Waals surface area contributed by atoms with Crippen LogP contribution in [-0.2, 0) is 10.5 Å². The third-order valence-corrected chi connectivity index (χ3v) is 4.86. The Morgan fingerprint density at radius 3 is 2.59 bits per heavy atom. The number of rotatable bonds is 5. The van der Waals surface area contributed by atoms with Crippen LogP contribution in [0.1, 0.15) is 27.8 Å². The van der Waals surface area contributed by atoms with Crippen molar-refractivity contribution in [1.82, 2.24) is 0 Å². The summed E-state index contributed by atoms with van der Waals surface area (Å²) in [4.78, 5) is 12.1. The maximum absolute atomic E-state index is 12.1. The summed E-state index contributed by atoms with van der Waals surface area (Å²) in [5.41, 5.74) is 7.10. The summed E-state index contributed by atoms with van der Waals surface area (Å²) in [6.45, 7) is 8.31. The molecule has 0 fully saturated rings. The molecule has 0 saturated heterocycles. The number of carbonyl (C=O) groups excluding carboxylic acids is 1. The number of hydrogen-bond donors (Lipinski definition) is 1. The van der Waals surface area contributed by atoms with Crippen LogP contribution in [-0.4, -0.2) is 11.7 Å². The van der Waals surface area contributed by atoms with Gasteiger partial charge in [-0.15, -0.1) is 11.8 Å². The van der Waals surface area contributed by atoms with E-state index in [1.807, 2.05) is 19.1 Å². The van der Waals surface area contributed by atoms with E-state index in [-0.39, 0.29) is 5.91 Å². The zero-order valence-corrected chi connectivity index (χ0v) is 14.5. The fourth-order valence-electron chi connectivity index (χ4n) is 2.28. The maximum Gasteiger partial charge on any atom is 0.234 e. The molecule has 0 atom stereocenters. The van der Waals surface area contributed by atoms with Crippen molar-refractivity contribution in [3.63, 3.8) is 0 Å². The lowest BCUT2D eigenvalue weighted by atomic mass is 10.1. The second-order valence-electron chi connectivity index (χ2n) is 5.72. The minimum absolute atomic E-state index is 0.0593. The molecule has 0 saturated carbocycles. The van der Waals surface area contributed by atoms with E-state index in [9.17, 15) is 4.79 Å². The molecular weight excluding hydrogens is 290 g/mol. The van der Waals surface area contributed by atoms with Gasteiger partial charge < -0.3 is 5.32 Å². The molecule has 0 radical (unpaired) electrons. The molecule has 0 heterocycles. The van der Waals surface area contributed by atoms with Gasteiger partial charge in [0.25, 0.3) is 0 Å². The Morgan fingerprint density at radius 2 is 1.82 bits per heavy atom. The van der Waals surface area contributed by atoms with Crippen LogP contribution in [0.2, 0.25) is 0 Å². The summed E-state index contributed by atoms with van der Waals surface area (Å²) in [7, 11) is 0. The van der Waals surface area contributed by atoms with E-state index in [0.717, 1.165) is 17.0 Å². The fraction of sp³-hybridized carbons (Fsp3) is 0.316. The van der Waals surface area contributed by atoms with Crippen molar-refractivity contribution in [1.29, 1.82) is 0 Å². The Morgan fingerprint density at radius 1 is 1.05 bits per heavy atom. The third-order valence-electron chi connectivity index (χ3n) is 3.87. The lowest BCUT2D eigenvalue weighted by Crippen LogP contribution is -2.15. The molecular formula is C19H23NOS. The first-order valence-electron chi connectivity index (χ1n) is 7.47. The number of carbonyl (C=O) groups is 1. The highest BCUT2D eigenvalue weighted by atomic mass is 32.2. The number of benzene rings is 2. The quantitative estimate of drug-likeness (QED) is 0.859.